The van der Waals surface area contributed by atoms with Crippen LogP contribution in [0.2, 0.25) is 0 Å². The second kappa shape index (κ2) is 11.1. The van der Waals surface area contributed by atoms with Crippen molar-refractivity contribution in [2.24, 2.45) is 0 Å². The molecule has 1 aliphatic carbocycles. The Morgan fingerprint density at radius 3 is 1.89 bits per heavy atom. The molecule has 0 bridgehead atoms. The van der Waals surface area contributed by atoms with Crippen molar-refractivity contribution in [1.82, 2.24) is 10.4 Å². The molecule has 0 spiro atoms. The molecule has 44 heavy (non-hydrogen) atoms. The molecular formula is C36H26N2O6. The van der Waals surface area contributed by atoms with Crippen molar-refractivity contribution < 1.29 is 28.8 Å². The van der Waals surface area contributed by atoms with Gasteiger partial charge in [0, 0.05) is 12.3 Å². The highest BCUT2D eigenvalue weighted by molar-refractivity contribution is 6.21. The highest BCUT2D eigenvalue weighted by Crippen LogP contribution is 2.44. The third-order valence-electron chi connectivity index (χ3n) is 8.16. The molecule has 1 aliphatic heterocycles. The normalized spacial score (nSPS) is 14.1. The predicted molar refractivity (Wildman–Crippen MR) is 163 cm³/mol. The van der Waals surface area contributed by atoms with Crippen molar-refractivity contribution >= 4 is 34.6 Å². The lowest BCUT2D eigenvalue weighted by Crippen LogP contribution is -2.47. The number of carbonyl (C=O) groups excluding carboxylic acids is 4. The lowest BCUT2D eigenvalue weighted by atomic mass is 9.98. The molecule has 5 aromatic rings. The fourth-order valence-corrected chi connectivity index (χ4v) is 6.07. The van der Waals surface area contributed by atoms with Gasteiger partial charge in [0.05, 0.1) is 11.1 Å². The van der Waals surface area contributed by atoms with Crippen LogP contribution in [0.1, 0.15) is 43.3 Å². The molecule has 3 amide bonds. The van der Waals surface area contributed by atoms with E-state index in [9.17, 15) is 19.2 Å². The van der Waals surface area contributed by atoms with Crippen LogP contribution in [-0.4, -0.2) is 41.6 Å². The molecule has 1 atom stereocenters. The minimum Gasteiger partial charge on any atom is -0.449 e. The first-order chi connectivity index (χ1) is 21.5. The summed E-state index contributed by atoms with van der Waals surface area (Å²) in [6.07, 6.45) is -0.787. The highest BCUT2D eigenvalue weighted by Gasteiger charge is 2.40. The van der Waals surface area contributed by atoms with Gasteiger partial charge in [-0.05, 0) is 50.7 Å². The summed E-state index contributed by atoms with van der Waals surface area (Å²) in [5.41, 5.74) is 5.34. The number of hydroxylamine groups is 2. The Morgan fingerprint density at radius 1 is 0.682 bits per heavy atom. The van der Waals surface area contributed by atoms with Crippen LogP contribution in [-0.2, 0) is 20.8 Å². The maximum atomic E-state index is 13.6. The van der Waals surface area contributed by atoms with Crippen LogP contribution in [0.25, 0.3) is 21.9 Å². The molecule has 2 aliphatic rings. The van der Waals surface area contributed by atoms with E-state index < -0.39 is 29.9 Å². The second-order valence-corrected chi connectivity index (χ2v) is 10.7. The van der Waals surface area contributed by atoms with Gasteiger partial charge in [-0.25, -0.2) is 9.59 Å². The van der Waals surface area contributed by atoms with E-state index in [1.807, 2.05) is 91.0 Å². The number of hydrogen-bond acceptors (Lipinski definition) is 6. The number of benzene rings is 5. The monoisotopic (exact) mass is 582 g/mol. The average Bonchev–Trinajstić information content (AvgIpc) is 3.50. The van der Waals surface area contributed by atoms with Gasteiger partial charge in [-0.1, -0.05) is 108 Å². The second-order valence-electron chi connectivity index (χ2n) is 10.7. The molecule has 0 unspecified atom stereocenters. The summed E-state index contributed by atoms with van der Waals surface area (Å²) < 4.78 is 5.70. The first kappa shape index (κ1) is 27.1. The van der Waals surface area contributed by atoms with E-state index in [2.05, 4.69) is 5.32 Å². The van der Waals surface area contributed by atoms with E-state index in [1.54, 1.807) is 12.1 Å². The third kappa shape index (κ3) is 4.76. The van der Waals surface area contributed by atoms with Crippen LogP contribution in [0.15, 0.2) is 115 Å². The fourth-order valence-electron chi connectivity index (χ4n) is 6.07. The van der Waals surface area contributed by atoms with Crippen molar-refractivity contribution in [2.45, 2.75) is 18.4 Å². The first-order valence-corrected chi connectivity index (χ1v) is 14.3. The summed E-state index contributed by atoms with van der Waals surface area (Å²) in [7, 11) is 0. The van der Waals surface area contributed by atoms with Gasteiger partial charge in [-0.2, -0.15) is 0 Å². The van der Waals surface area contributed by atoms with Crippen molar-refractivity contribution in [3.8, 4) is 11.1 Å². The Labute approximate surface area is 252 Å². The van der Waals surface area contributed by atoms with Crippen LogP contribution < -0.4 is 5.32 Å². The van der Waals surface area contributed by atoms with Crippen LogP contribution >= 0.6 is 0 Å². The summed E-state index contributed by atoms with van der Waals surface area (Å²) in [4.78, 5) is 58.0. The summed E-state index contributed by atoms with van der Waals surface area (Å²) >= 11 is 0. The molecule has 0 fully saturated rings. The minimum atomic E-state index is -1.26. The van der Waals surface area contributed by atoms with E-state index in [0.29, 0.717) is 5.06 Å². The van der Waals surface area contributed by atoms with Gasteiger partial charge in [0.15, 0.2) is 0 Å². The Morgan fingerprint density at radius 2 is 1.23 bits per heavy atom. The average molecular weight is 583 g/mol. The van der Waals surface area contributed by atoms with E-state index >= 15 is 0 Å². The van der Waals surface area contributed by atoms with Gasteiger partial charge in [0.25, 0.3) is 11.8 Å². The Balaban J connectivity index is 1.12. The molecule has 0 saturated heterocycles. The van der Waals surface area contributed by atoms with Gasteiger partial charge >= 0.3 is 12.1 Å². The van der Waals surface area contributed by atoms with E-state index in [-0.39, 0.29) is 30.1 Å². The van der Waals surface area contributed by atoms with Gasteiger partial charge < -0.3 is 14.9 Å². The Bertz CT molecular complexity index is 1880. The van der Waals surface area contributed by atoms with Gasteiger partial charge in [-0.3, -0.25) is 9.59 Å². The van der Waals surface area contributed by atoms with Crippen molar-refractivity contribution in [3.05, 3.63) is 143 Å². The number of fused-ring (bicyclic) bond motifs is 5. The molecule has 0 aromatic heterocycles. The molecular weight excluding hydrogens is 556 g/mol. The van der Waals surface area contributed by atoms with Crippen molar-refractivity contribution in [1.29, 1.82) is 0 Å². The fraction of sp³-hybridized carbons (Fsp3) is 0.111. The van der Waals surface area contributed by atoms with Crippen LogP contribution in [0.4, 0.5) is 4.79 Å². The molecule has 0 saturated carbocycles. The minimum absolute atomic E-state index is 0.0353. The molecule has 8 heteroatoms. The molecule has 7 rings (SSSR count). The van der Waals surface area contributed by atoms with E-state index in [4.69, 9.17) is 9.57 Å². The highest BCUT2D eigenvalue weighted by atomic mass is 16.7. The number of nitrogens with one attached hydrogen (secondary N) is 1. The predicted octanol–water partition coefficient (Wildman–Crippen LogP) is 6.04. The molecule has 1 N–H and O–H groups in total. The lowest BCUT2D eigenvalue weighted by Gasteiger charge is -2.21. The van der Waals surface area contributed by atoms with Gasteiger partial charge in [-0.15, -0.1) is 0 Å². The number of imide groups is 1. The maximum Gasteiger partial charge on any atom is 0.407 e. The number of carbonyl (C=O) groups is 4. The van der Waals surface area contributed by atoms with Gasteiger partial charge in [0.2, 0.25) is 0 Å². The number of alkyl carbamates (subject to hydrolysis) is 1. The summed E-state index contributed by atoms with van der Waals surface area (Å²) in [5.74, 6) is -2.64. The summed E-state index contributed by atoms with van der Waals surface area (Å²) in [6, 6.07) is 34.3. The zero-order valence-corrected chi connectivity index (χ0v) is 23.4. The van der Waals surface area contributed by atoms with E-state index in [0.717, 1.165) is 38.6 Å². The van der Waals surface area contributed by atoms with E-state index in [1.165, 1.54) is 12.1 Å². The quantitative estimate of drug-likeness (QED) is 0.235. The summed E-state index contributed by atoms with van der Waals surface area (Å²) in [5, 5.41) is 4.94. The molecule has 1 heterocycles. The number of nitrogens with zero attached hydrogens (tertiary/aromatic N) is 1. The zero-order chi connectivity index (χ0) is 30.2. The Hall–Kier alpha value is -5.76. The standard InChI is InChI=1S/C36H26N2O6/c39-33-29-18-7-8-19-30(29)34(40)38(33)44-35(41)32(20-23-12-9-11-22-10-1-2-13-24(22)23)37-36(42)43-21-31-27-16-5-3-14-25(27)26-15-4-6-17-28(26)31/h1-19,31-32H,20-21H2,(H,37,42)/t32-/m0/s1. The van der Waals surface area contributed by atoms with Crippen LogP contribution in [0.5, 0.6) is 0 Å². The van der Waals surface area contributed by atoms with Crippen molar-refractivity contribution in [2.75, 3.05) is 6.61 Å². The van der Waals surface area contributed by atoms with Crippen molar-refractivity contribution in [3.63, 3.8) is 0 Å². The number of hydrogen-bond donors (Lipinski definition) is 1. The lowest BCUT2D eigenvalue weighted by molar-refractivity contribution is -0.171. The topological polar surface area (TPSA) is 102 Å². The molecule has 5 aromatic carbocycles. The summed E-state index contributed by atoms with van der Waals surface area (Å²) in [6.45, 7) is 0.0499. The molecule has 216 valence electrons. The van der Waals surface area contributed by atoms with Crippen LogP contribution in [0.3, 0.4) is 0 Å². The largest absolute Gasteiger partial charge is 0.449 e. The third-order valence-corrected chi connectivity index (χ3v) is 8.16. The number of amides is 3. The number of ether oxygens (including phenoxy) is 1. The SMILES string of the molecule is O=C(N[C@@H](Cc1cccc2ccccc12)C(=O)ON1C(=O)c2ccccc2C1=O)OCC1c2ccccc2-c2ccccc21. The first-order valence-electron chi connectivity index (χ1n) is 14.3. The van der Waals surface area contributed by atoms with Crippen LogP contribution in [0, 0.1) is 0 Å². The smallest absolute Gasteiger partial charge is 0.407 e. The zero-order valence-electron chi connectivity index (χ0n) is 23.4. The Kier molecular flexibility index (Phi) is 6.86. The van der Waals surface area contributed by atoms with Gasteiger partial charge in [0.1, 0.15) is 12.6 Å². The maximum absolute atomic E-state index is 13.6. The number of rotatable bonds is 7. The molecule has 8 nitrogen and oxygen atoms in total. The molecule has 0 radical (unpaired) electrons.